The molecule has 0 radical (unpaired) electrons. The Balaban J connectivity index is 1.07. The van der Waals surface area contributed by atoms with E-state index in [2.05, 4.69) is 33.7 Å². The Bertz CT molecular complexity index is 2340. The highest BCUT2D eigenvalue weighted by molar-refractivity contribution is 6.07. The molecule has 0 bridgehead atoms. The molecule has 9 nitrogen and oxygen atoms in total. The summed E-state index contributed by atoms with van der Waals surface area (Å²) < 4.78 is 1.98. The predicted octanol–water partition coefficient (Wildman–Crippen LogP) is 8.50. The van der Waals surface area contributed by atoms with Gasteiger partial charge in [-0.1, -0.05) is 42.5 Å². The molecule has 3 heterocycles. The number of carbonyl (C=O) groups excluding carboxylic acids is 2. The van der Waals surface area contributed by atoms with E-state index in [0.29, 0.717) is 34.4 Å². The molecular formula is C44H41N5O4. The van der Waals surface area contributed by atoms with Gasteiger partial charge in [-0.05, 0) is 116 Å². The molecule has 1 fully saturated rings. The van der Waals surface area contributed by atoms with Crippen molar-refractivity contribution in [2.45, 2.75) is 51.1 Å². The number of hydrogen-bond acceptors (Lipinski definition) is 5. The van der Waals surface area contributed by atoms with E-state index in [4.69, 9.17) is 4.98 Å². The number of benzene rings is 4. The van der Waals surface area contributed by atoms with E-state index in [1.165, 1.54) is 17.5 Å². The van der Waals surface area contributed by atoms with E-state index in [1.54, 1.807) is 30.5 Å². The number of anilines is 2. The zero-order chi connectivity index (χ0) is 36.3. The summed E-state index contributed by atoms with van der Waals surface area (Å²) in [5, 5.41) is 16.7. The molecular weight excluding hydrogens is 663 g/mol. The number of aryl methyl sites for hydroxylation is 1. The summed E-state index contributed by atoms with van der Waals surface area (Å²) in [6.07, 6.45) is 9.93. The Hall–Kier alpha value is -6.22. The van der Waals surface area contributed by atoms with E-state index < -0.39 is 5.97 Å². The Kier molecular flexibility index (Phi) is 9.46. The number of carboxylic acids is 1. The highest BCUT2D eigenvalue weighted by atomic mass is 16.4. The van der Waals surface area contributed by atoms with Crippen molar-refractivity contribution in [3.63, 3.8) is 0 Å². The van der Waals surface area contributed by atoms with E-state index >= 15 is 0 Å². The molecule has 8 rings (SSSR count). The first-order valence-electron chi connectivity index (χ1n) is 18.4. The topological polar surface area (TPSA) is 117 Å². The SMILES string of the molecule is O=C(Nc1ccc(N2CCCCC2)cc1-c1cc(C(=O)N[C@H]2CCCc3ccccc32)ccn1)c1cccc(Cn2ccc3c(C(=O)O)cccc32)c1. The van der Waals surface area contributed by atoms with Crippen LogP contribution >= 0.6 is 0 Å². The maximum Gasteiger partial charge on any atom is 0.336 e. The number of rotatable bonds is 9. The molecule has 9 heteroatoms. The summed E-state index contributed by atoms with van der Waals surface area (Å²) in [7, 11) is 0. The number of aromatic nitrogens is 2. The Morgan fingerprint density at radius 1 is 0.792 bits per heavy atom. The molecule has 4 aromatic carbocycles. The summed E-state index contributed by atoms with van der Waals surface area (Å²) in [6, 6.07) is 32.4. The molecule has 6 aromatic rings. The van der Waals surface area contributed by atoms with Crippen molar-refractivity contribution in [1.82, 2.24) is 14.9 Å². The van der Waals surface area contributed by atoms with Crippen LogP contribution in [0.3, 0.4) is 0 Å². The van der Waals surface area contributed by atoms with Gasteiger partial charge in [-0.25, -0.2) is 4.79 Å². The van der Waals surface area contributed by atoms with Crippen LogP contribution in [0.5, 0.6) is 0 Å². The fourth-order valence-corrected chi connectivity index (χ4v) is 7.82. The molecule has 3 N–H and O–H groups in total. The van der Waals surface area contributed by atoms with Gasteiger partial charge in [0.05, 0.1) is 23.0 Å². The minimum atomic E-state index is -0.967. The monoisotopic (exact) mass is 703 g/mol. The molecule has 1 aliphatic carbocycles. The van der Waals surface area contributed by atoms with E-state index in [1.807, 2.05) is 71.4 Å². The van der Waals surface area contributed by atoms with Crippen LogP contribution in [0.15, 0.2) is 116 Å². The second-order valence-electron chi connectivity index (χ2n) is 14.0. The van der Waals surface area contributed by atoms with E-state index in [9.17, 15) is 19.5 Å². The molecule has 0 unspecified atom stereocenters. The minimum absolute atomic E-state index is 0.0458. The maximum atomic E-state index is 13.9. The van der Waals surface area contributed by atoms with Crippen molar-refractivity contribution in [1.29, 1.82) is 0 Å². The number of aromatic carboxylic acids is 1. The molecule has 0 spiro atoms. The van der Waals surface area contributed by atoms with Crippen molar-refractivity contribution in [2.75, 3.05) is 23.3 Å². The molecule has 2 amide bonds. The molecule has 2 aromatic heterocycles. The van der Waals surface area contributed by atoms with Crippen LogP contribution in [0.4, 0.5) is 11.4 Å². The quantitative estimate of drug-likeness (QED) is 0.139. The molecule has 1 saturated heterocycles. The van der Waals surface area contributed by atoms with Gasteiger partial charge in [-0.3, -0.25) is 14.6 Å². The van der Waals surface area contributed by atoms with Crippen molar-refractivity contribution < 1.29 is 19.5 Å². The number of hydrogen-bond donors (Lipinski definition) is 3. The number of piperidine rings is 1. The predicted molar refractivity (Wildman–Crippen MR) is 208 cm³/mol. The van der Waals surface area contributed by atoms with Crippen LogP contribution in [0.1, 0.15) is 85.9 Å². The van der Waals surface area contributed by atoms with Crippen LogP contribution in [0.2, 0.25) is 0 Å². The second kappa shape index (κ2) is 14.8. The fraction of sp³-hybridized carbons (Fsp3) is 0.227. The van der Waals surface area contributed by atoms with Crippen LogP contribution in [0.25, 0.3) is 22.2 Å². The van der Waals surface area contributed by atoms with Crippen LogP contribution in [0, 0.1) is 0 Å². The van der Waals surface area contributed by atoms with Gasteiger partial charge < -0.3 is 25.2 Å². The Labute approximate surface area is 308 Å². The van der Waals surface area contributed by atoms with Gasteiger partial charge in [0.1, 0.15) is 0 Å². The van der Waals surface area contributed by atoms with Gasteiger partial charge in [0, 0.05) is 65.3 Å². The number of pyridine rings is 1. The Morgan fingerprint density at radius 3 is 2.49 bits per heavy atom. The summed E-state index contributed by atoms with van der Waals surface area (Å²) in [6.45, 7) is 2.39. The third kappa shape index (κ3) is 7.15. The van der Waals surface area contributed by atoms with Crippen LogP contribution in [-0.2, 0) is 13.0 Å². The number of nitrogens with zero attached hydrogens (tertiary/aromatic N) is 3. The summed E-state index contributed by atoms with van der Waals surface area (Å²) in [5.41, 5.74) is 8.43. The lowest BCUT2D eigenvalue weighted by Gasteiger charge is -2.29. The smallest absolute Gasteiger partial charge is 0.336 e. The number of amides is 2. The zero-order valence-corrected chi connectivity index (χ0v) is 29.4. The summed E-state index contributed by atoms with van der Waals surface area (Å²) >= 11 is 0. The first-order valence-corrected chi connectivity index (χ1v) is 18.4. The average Bonchev–Trinajstić information content (AvgIpc) is 3.61. The number of carboxylic acid groups (broad SMARTS) is 1. The lowest BCUT2D eigenvalue weighted by atomic mass is 9.87. The molecule has 1 aliphatic heterocycles. The highest BCUT2D eigenvalue weighted by Crippen LogP contribution is 2.34. The average molecular weight is 704 g/mol. The van der Waals surface area contributed by atoms with Crippen molar-refractivity contribution >= 4 is 40.1 Å². The van der Waals surface area contributed by atoms with E-state index in [-0.39, 0.29) is 23.4 Å². The van der Waals surface area contributed by atoms with E-state index in [0.717, 1.165) is 67.5 Å². The normalized spacial score (nSPS) is 15.5. The first-order chi connectivity index (χ1) is 25.9. The summed E-state index contributed by atoms with van der Waals surface area (Å²) in [5.74, 6) is -1.39. The van der Waals surface area contributed by atoms with Crippen molar-refractivity contribution in [3.8, 4) is 11.3 Å². The number of nitrogens with one attached hydrogen (secondary N) is 2. The Morgan fingerprint density at radius 2 is 1.62 bits per heavy atom. The van der Waals surface area contributed by atoms with Gasteiger partial charge in [0.2, 0.25) is 0 Å². The number of fused-ring (bicyclic) bond motifs is 2. The summed E-state index contributed by atoms with van der Waals surface area (Å²) in [4.78, 5) is 46.4. The van der Waals surface area contributed by atoms with Crippen LogP contribution < -0.4 is 15.5 Å². The fourth-order valence-electron chi connectivity index (χ4n) is 7.82. The van der Waals surface area contributed by atoms with Gasteiger partial charge in [-0.2, -0.15) is 0 Å². The largest absolute Gasteiger partial charge is 0.478 e. The molecule has 266 valence electrons. The highest BCUT2D eigenvalue weighted by Gasteiger charge is 2.23. The molecule has 2 aliphatic rings. The van der Waals surface area contributed by atoms with Crippen LogP contribution in [-0.4, -0.2) is 45.5 Å². The lowest BCUT2D eigenvalue weighted by molar-refractivity contribution is 0.0698. The number of carbonyl (C=O) groups is 3. The van der Waals surface area contributed by atoms with Gasteiger partial charge in [0.25, 0.3) is 11.8 Å². The molecule has 0 saturated carbocycles. The van der Waals surface area contributed by atoms with Gasteiger partial charge >= 0.3 is 5.97 Å². The minimum Gasteiger partial charge on any atom is -0.478 e. The van der Waals surface area contributed by atoms with Gasteiger partial charge in [-0.15, -0.1) is 0 Å². The lowest BCUT2D eigenvalue weighted by Crippen LogP contribution is -2.31. The zero-order valence-electron chi connectivity index (χ0n) is 29.4. The molecule has 53 heavy (non-hydrogen) atoms. The maximum absolute atomic E-state index is 13.9. The second-order valence-corrected chi connectivity index (χ2v) is 14.0. The molecule has 1 atom stereocenters. The third-order valence-electron chi connectivity index (χ3n) is 10.5. The van der Waals surface area contributed by atoms with Gasteiger partial charge in [0.15, 0.2) is 0 Å². The van der Waals surface area contributed by atoms with Crippen molar-refractivity contribution in [3.05, 3.63) is 149 Å². The third-order valence-corrected chi connectivity index (χ3v) is 10.5. The first kappa shape index (κ1) is 33.9. The standard InChI is InChI=1S/C44H41N5O4/c50-42(31-12-6-9-29(25-31)28-49-24-20-35-36(44(52)53)14-8-16-41(35)49)47-39-18-17-33(48-22-4-1-5-23-48)27-37(39)40-26-32(19-21-45-40)43(51)46-38-15-7-11-30-10-2-3-13-34(30)38/h2-3,6,8-10,12-14,16-21,24-27,38H,1,4-5,7,11,15,22-23,28H2,(H,46,51)(H,47,50)(H,52,53)/t38-/m0/s1. The van der Waals surface area contributed by atoms with Crippen molar-refractivity contribution in [2.24, 2.45) is 0 Å².